The highest BCUT2D eigenvalue weighted by molar-refractivity contribution is 9.10. The molecule has 1 saturated heterocycles. The maximum Gasteiger partial charge on any atom is 0.262 e. The second kappa shape index (κ2) is 6.14. The number of halogens is 1. The van der Waals surface area contributed by atoms with Crippen molar-refractivity contribution in [2.75, 3.05) is 40.3 Å². The Morgan fingerprint density at radius 2 is 2.33 bits per heavy atom. The minimum absolute atomic E-state index is 0.0125. The van der Waals surface area contributed by atoms with Crippen molar-refractivity contribution in [2.45, 2.75) is 6.04 Å². The van der Waals surface area contributed by atoms with Gasteiger partial charge >= 0.3 is 0 Å². The van der Waals surface area contributed by atoms with Crippen LogP contribution in [0.25, 0.3) is 0 Å². The van der Waals surface area contributed by atoms with Crippen molar-refractivity contribution >= 4 is 33.2 Å². The lowest BCUT2D eigenvalue weighted by Crippen LogP contribution is -2.54. The van der Waals surface area contributed by atoms with E-state index in [2.05, 4.69) is 45.1 Å². The van der Waals surface area contributed by atoms with Crippen LogP contribution in [0.5, 0.6) is 0 Å². The van der Waals surface area contributed by atoms with Crippen molar-refractivity contribution in [1.82, 2.24) is 15.1 Å². The van der Waals surface area contributed by atoms with E-state index in [0.29, 0.717) is 12.6 Å². The first kappa shape index (κ1) is 14.0. The maximum absolute atomic E-state index is 12.0. The molecule has 4 nitrogen and oxygen atoms in total. The van der Waals surface area contributed by atoms with Gasteiger partial charge in [-0.05, 0) is 41.5 Å². The van der Waals surface area contributed by atoms with Crippen molar-refractivity contribution < 1.29 is 4.79 Å². The normalized spacial score (nSPS) is 22.1. The number of hydrogen-bond donors (Lipinski definition) is 1. The summed E-state index contributed by atoms with van der Waals surface area (Å²) >= 11 is 4.85. The SMILES string of the molecule is CN1CCN(C)C(CNC(=O)c2sccc2Br)C1. The Morgan fingerprint density at radius 3 is 3.00 bits per heavy atom. The van der Waals surface area contributed by atoms with Crippen LogP contribution in [0.4, 0.5) is 0 Å². The van der Waals surface area contributed by atoms with Gasteiger partial charge in [-0.2, -0.15) is 0 Å². The van der Waals surface area contributed by atoms with Crippen molar-refractivity contribution in [1.29, 1.82) is 0 Å². The van der Waals surface area contributed by atoms with Gasteiger partial charge in [0.2, 0.25) is 0 Å². The van der Waals surface area contributed by atoms with E-state index in [0.717, 1.165) is 29.0 Å². The third-order valence-corrected chi connectivity index (χ3v) is 5.14. The molecule has 1 N–H and O–H groups in total. The Bertz CT molecular complexity index is 423. The average Bonchev–Trinajstić information content (AvgIpc) is 2.76. The van der Waals surface area contributed by atoms with Gasteiger partial charge in [0.25, 0.3) is 5.91 Å². The number of rotatable bonds is 3. The fourth-order valence-electron chi connectivity index (χ4n) is 2.07. The molecule has 1 amide bonds. The van der Waals surface area contributed by atoms with Gasteiger partial charge in [0.1, 0.15) is 4.88 Å². The predicted octanol–water partition coefficient (Wildman–Crippen LogP) is 1.49. The molecule has 0 radical (unpaired) electrons. The van der Waals surface area contributed by atoms with E-state index in [-0.39, 0.29) is 5.91 Å². The third kappa shape index (κ3) is 3.32. The molecule has 0 aliphatic carbocycles. The summed E-state index contributed by atoms with van der Waals surface area (Å²) in [5.74, 6) is 0.0125. The van der Waals surface area contributed by atoms with Crippen LogP contribution < -0.4 is 5.32 Å². The zero-order valence-corrected chi connectivity index (χ0v) is 13.1. The molecule has 6 heteroatoms. The zero-order valence-electron chi connectivity index (χ0n) is 10.6. The largest absolute Gasteiger partial charge is 0.350 e. The number of carbonyl (C=O) groups excluding carboxylic acids is 1. The molecule has 100 valence electrons. The van der Waals surface area contributed by atoms with E-state index in [1.165, 1.54) is 11.3 Å². The Labute approximate surface area is 120 Å². The van der Waals surface area contributed by atoms with E-state index in [1.807, 2.05) is 11.4 Å². The highest BCUT2D eigenvalue weighted by atomic mass is 79.9. The van der Waals surface area contributed by atoms with Crippen molar-refractivity contribution in [2.24, 2.45) is 0 Å². The van der Waals surface area contributed by atoms with E-state index < -0.39 is 0 Å². The molecule has 1 aliphatic heterocycles. The third-order valence-electron chi connectivity index (χ3n) is 3.30. The maximum atomic E-state index is 12.0. The highest BCUT2D eigenvalue weighted by Crippen LogP contribution is 2.22. The first-order valence-corrected chi connectivity index (χ1v) is 7.65. The minimum atomic E-state index is 0.0125. The second-order valence-electron chi connectivity index (χ2n) is 4.70. The van der Waals surface area contributed by atoms with Crippen LogP contribution in [0, 0.1) is 0 Å². The van der Waals surface area contributed by atoms with Crippen LogP contribution in [0.15, 0.2) is 15.9 Å². The highest BCUT2D eigenvalue weighted by Gasteiger charge is 2.23. The number of hydrogen-bond acceptors (Lipinski definition) is 4. The number of nitrogens with one attached hydrogen (secondary N) is 1. The van der Waals surface area contributed by atoms with Gasteiger partial charge in [0, 0.05) is 36.7 Å². The number of carbonyl (C=O) groups is 1. The molecule has 1 aromatic rings. The Kier molecular flexibility index (Phi) is 4.77. The standard InChI is InChI=1S/C12H18BrN3OS/c1-15-4-5-16(2)9(8-15)7-14-12(17)11-10(13)3-6-18-11/h3,6,9H,4-5,7-8H2,1-2H3,(H,14,17). The van der Waals surface area contributed by atoms with Gasteiger partial charge in [-0.1, -0.05) is 0 Å². The molecule has 2 rings (SSSR count). The summed E-state index contributed by atoms with van der Waals surface area (Å²) < 4.78 is 0.874. The van der Waals surface area contributed by atoms with Gasteiger partial charge in [-0.3, -0.25) is 9.69 Å². The topological polar surface area (TPSA) is 35.6 Å². The number of piperazine rings is 1. The second-order valence-corrected chi connectivity index (χ2v) is 6.47. The lowest BCUT2D eigenvalue weighted by atomic mass is 10.2. The van der Waals surface area contributed by atoms with Gasteiger partial charge in [-0.15, -0.1) is 11.3 Å². The Morgan fingerprint density at radius 1 is 1.56 bits per heavy atom. The zero-order chi connectivity index (χ0) is 13.1. The fourth-order valence-corrected chi connectivity index (χ4v) is 3.54. The smallest absolute Gasteiger partial charge is 0.262 e. The van der Waals surface area contributed by atoms with Crippen LogP contribution in [0.3, 0.4) is 0 Å². The van der Waals surface area contributed by atoms with Crippen LogP contribution in [-0.4, -0.2) is 62.0 Å². The quantitative estimate of drug-likeness (QED) is 0.911. The molecular formula is C12H18BrN3OS. The van der Waals surface area contributed by atoms with Crippen LogP contribution in [-0.2, 0) is 0 Å². The number of thiophene rings is 1. The minimum Gasteiger partial charge on any atom is -0.350 e. The molecule has 1 aliphatic rings. The van der Waals surface area contributed by atoms with E-state index in [4.69, 9.17) is 0 Å². The first-order valence-electron chi connectivity index (χ1n) is 5.98. The lowest BCUT2D eigenvalue weighted by molar-refractivity contribution is 0.0884. The van der Waals surface area contributed by atoms with Gasteiger partial charge in [-0.25, -0.2) is 0 Å². The van der Waals surface area contributed by atoms with Crippen LogP contribution >= 0.6 is 27.3 Å². The summed E-state index contributed by atoms with van der Waals surface area (Å²) in [6.07, 6.45) is 0. The average molecular weight is 332 g/mol. The summed E-state index contributed by atoms with van der Waals surface area (Å²) in [7, 11) is 4.24. The molecule has 0 bridgehead atoms. The summed E-state index contributed by atoms with van der Waals surface area (Å²) in [4.78, 5) is 17.4. The summed E-state index contributed by atoms with van der Waals surface area (Å²) in [6.45, 7) is 3.85. The van der Waals surface area contributed by atoms with Crippen molar-refractivity contribution in [3.63, 3.8) is 0 Å². The predicted molar refractivity (Wildman–Crippen MR) is 78.3 cm³/mol. The molecule has 18 heavy (non-hydrogen) atoms. The molecule has 2 heterocycles. The van der Waals surface area contributed by atoms with E-state index in [1.54, 1.807) is 0 Å². The molecule has 1 atom stereocenters. The van der Waals surface area contributed by atoms with Crippen LogP contribution in [0.1, 0.15) is 9.67 Å². The Hall–Kier alpha value is -0.430. The van der Waals surface area contributed by atoms with Crippen LogP contribution in [0.2, 0.25) is 0 Å². The van der Waals surface area contributed by atoms with Crippen molar-refractivity contribution in [3.8, 4) is 0 Å². The molecular weight excluding hydrogens is 314 g/mol. The molecule has 1 unspecified atom stereocenters. The first-order chi connectivity index (χ1) is 8.58. The van der Waals surface area contributed by atoms with Crippen molar-refractivity contribution in [3.05, 3.63) is 20.8 Å². The molecule has 0 saturated carbocycles. The lowest BCUT2D eigenvalue weighted by Gasteiger charge is -2.37. The summed E-state index contributed by atoms with van der Waals surface area (Å²) in [5, 5.41) is 4.94. The van der Waals surface area contributed by atoms with Gasteiger partial charge < -0.3 is 10.2 Å². The molecule has 0 aromatic carbocycles. The number of nitrogens with zero attached hydrogens (tertiary/aromatic N) is 2. The molecule has 1 aromatic heterocycles. The van der Waals surface area contributed by atoms with Gasteiger partial charge in [0.05, 0.1) is 0 Å². The van der Waals surface area contributed by atoms with E-state index >= 15 is 0 Å². The number of likely N-dealkylation sites (N-methyl/N-ethyl adjacent to an activating group) is 2. The van der Waals surface area contributed by atoms with E-state index in [9.17, 15) is 4.79 Å². The number of amides is 1. The summed E-state index contributed by atoms with van der Waals surface area (Å²) in [5.41, 5.74) is 0. The Balaban J connectivity index is 1.87. The monoisotopic (exact) mass is 331 g/mol. The van der Waals surface area contributed by atoms with Gasteiger partial charge in [0.15, 0.2) is 0 Å². The molecule has 0 spiro atoms. The summed E-state index contributed by atoms with van der Waals surface area (Å²) in [6, 6.07) is 2.30. The fraction of sp³-hybridized carbons (Fsp3) is 0.583. The molecule has 1 fully saturated rings.